The van der Waals surface area contributed by atoms with Crippen molar-refractivity contribution in [2.24, 2.45) is 0 Å². The monoisotopic (exact) mass is 361 g/mol. The number of carbonyl (C=O) groups is 2. The van der Waals surface area contributed by atoms with Gasteiger partial charge in [-0.1, -0.05) is 18.2 Å². The van der Waals surface area contributed by atoms with Crippen molar-refractivity contribution in [1.29, 1.82) is 0 Å². The van der Waals surface area contributed by atoms with Crippen LogP contribution in [0.3, 0.4) is 0 Å². The van der Waals surface area contributed by atoms with Crippen molar-refractivity contribution in [3.05, 3.63) is 59.2 Å². The molecule has 0 aromatic heterocycles. The second-order valence-electron chi connectivity index (χ2n) is 6.11. The van der Waals surface area contributed by atoms with Crippen molar-refractivity contribution < 1.29 is 23.5 Å². The Kier molecular flexibility index (Phi) is 6.55. The molecule has 0 N–H and O–H groups in total. The zero-order valence-corrected chi connectivity index (χ0v) is 15.5. The molecule has 1 aliphatic heterocycles. The molecule has 1 aromatic carbocycles. The molecule has 0 unspecified atom stereocenters. The number of ether oxygens (including phenoxy) is 2. The summed E-state index contributed by atoms with van der Waals surface area (Å²) < 4.78 is 24.8. The Morgan fingerprint density at radius 2 is 1.54 bits per heavy atom. The van der Waals surface area contributed by atoms with Gasteiger partial charge in [-0.2, -0.15) is 0 Å². The van der Waals surface area contributed by atoms with Gasteiger partial charge in [0.25, 0.3) is 0 Å². The minimum absolute atomic E-state index is 0.00887. The molecule has 0 amide bonds. The largest absolute Gasteiger partial charge is 0.463 e. The van der Waals surface area contributed by atoms with Crippen LogP contribution in [0.25, 0.3) is 0 Å². The number of hydrogen-bond acceptors (Lipinski definition) is 5. The molecule has 26 heavy (non-hydrogen) atoms. The van der Waals surface area contributed by atoms with Crippen molar-refractivity contribution in [2.45, 2.75) is 39.7 Å². The molecule has 1 heterocycles. The maximum Gasteiger partial charge on any atom is 0.336 e. The van der Waals surface area contributed by atoms with Crippen molar-refractivity contribution in [2.75, 3.05) is 13.2 Å². The third kappa shape index (κ3) is 4.12. The van der Waals surface area contributed by atoms with Crippen LogP contribution in [-0.2, 0) is 19.1 Å². The van der Waals surface area contributed by atoms with E-state index in [-0.39, 0.29) is 36.0 Å². The summed E-state index contributed by atoms with van der Waals surface area (Å²) in [6.45, 7) is 7.59. The van der Waals surface area contributed by atoms with Gasteiger partial charge in [0.05, 0.1) is 30.3 Å². The van der Waals surface area contributed by atoms with Gasteiger partial charge in [0.15, 0.2) is 0 Å². The number of carbonyl (C=O) groups excluding carboxylic acids is 2. The molecule has 6 heteroatoms. The predicted molar refractivity (Wildman–Crippen MR) is 95.5 cm³/mol. The van der Waals surface area contributed by atoms with E-state index in [1.165, 1.54) is 6.07 Å². The average molecular weight is 361 g/mol. The molecular weight excluding hydrogens is 337 g/mol. The molecule has 0 saturated carbocycles. The quantitative estimate of drug-likeness (QED) is 0.726. The normalized spacial score (nSPS) is 14.8. The highest BCUT2D eigenvalue weighted by Crippen LogP contribution is 2.38. The van der Waals surface area contributed by atoms with Crippen molar-refractivity contribution in [1.82, 2.24) is 4.90 Å². The summed E-state index contributed by atoms with van der Waals surface area (Å²) >= 11 is 0. The zero-order valence-electron chi connectivity index (χ0n) is 15.5. The summed E-state index contributed by atoms with van der Waals surface area (Å²) in [5.41, 5.74) is 0.641. The van der Waals surface area contributed by atoms with Crippen molar-refractivity contribution in [3.8, 4) is 0 Å². The van der Waals surface area contributed by atoms with E-state index in [9.17, 15) is 14.0 Å². The van der Waals surface area contributed by atoms with Crippen LogP contribution in [-0.4, -0.2) is 36.1 Å². The van der Waals surface area contributed by atoms with Gasteiger partial charge in [-0.25, -0.2) is 14.0 Å². The fourth-order valence-electron chi connectivity index (χ4n) is 2.79. The molecule has 2 rings (SSSR count). The fourth-order valence-corrected chi connectivity index (χ4v) is 2.79. The SMILES string of the molecule is CCOC(=O)C1=CN(C(C)C)C=C(C(=O)OCC)C1c1ccccc1F. The van der Waals surface area contributed by atoms with E-state index in [4.69, 9.17) is 9.47 Å². The summed E-state index contributed by atoms with van der Waals surface area (Å²) in [5.74, 6) is -2.55. The van der Waals surface area contributed by atoms with Crippen LogP contribution >= 0.6 is 0 Å². The van der Waals surface area contributed by atoms with Crippen LogP contribution in [0.4, 0.5) is 4.39 Å². The maximum atomic E-state index is 14.5. The number of nitrogens with zero attached hydrogens (tertiary/aromatic N) is 1. The van der Waals surface area contributed by atoms with Gasteiger partial charge in [0.2, 0.25) is 0 Å². The first-order valence-electron chi connectivity index (χ1n) is 8.70. The second-order valence-corrected chi connectivity index (χ2v) is 6.11. The molecule has 0 fully saturated rings. The average Bonchev–Trinajstić information content (AvgIpc) is 2.61. The predicted octanol–water partition coefficient (Wildman–Crippen LogP) is 3.53. The summed E-state index contributed by atoms with van der Waals surface area (Å²) in [7, 11) is 0. The van der Waals surface area contributed by atoms with Crippen LogP contribution in [0.1, 0.15) is 39.2 Å². The molecule has 0 saturated heterocycles. The van der Waals surface area contributed by atoms with E-state index in [2.05, 4.69) is 0 Å². The van der Waals surface area contributed by atoms with Crippen LogP contribution < -0.4 is 0 Å². The fraction of sp³-hybridized carbons (Fsp3) is 0.400. The number of hydrogen-bond donors (Lipinski definition) is 0. The summed E-state index contributed by atoms with van der Waals surface area (Å²) in [6.07, 6.45) is 3.23. The molecular formula is C20H24FNO4. The van der Waals surface area contributed by atoms with Gasteiger partial charge in [-0.15, -0.1) is 0 Å². The Bertz CT molecular complexity index is 703. The third-order valence-corrected chi connectivity index (χ3v) is 4.03. The lowest BCUT2D eigenvalue weighted by Crippen LogP contribution is -2.32. The van der Waals surface area contributed by atoms with Crippen molar-refractivity contribution in [3.63, 3.8) is 0 Å². The lowest BCUT2D eigenvalue weighted by Gasteiger charge is -2.32. The van der Waals surface area contributed by atoms with Crippen LogP contribution in [0.5, 0.6) is 0 Å². The Morgan fingerprint density at radius 3 is 1.96 bits per heavy atom. The van der Waals surface area contributed by atoms with Gasteiger partial charge >= 0.3 is 11.9 Å². The Labute approximate surface area is 153 Å². The van der Waals surface area contributed by atoms with E-state index in [0.717, 1.165) is 0 Å². The van der Waals surface area contributed by atoms with Gasteiger partial charge in [-0.3, -0.25) is 0 Å². The first-order valence-corrected chi connectivity index (χ1v) is 8.70. The number of esters is 2. The molecule has 0 bridgehead atoms. The minimum atomic E-state index is -0.885. The first kappa shape index (κ1) is 19.7. The molecule has 140 valence electrons. The summed E-state index contributed by atoms with van der Waals surface area (Å²) in [5, 5.41) is 0. The standard InChI is InChI=1S/C20H24FNO4/c1-5-25-19(23)15-11-22(13(3)4)12-16(20(24)26-6-2)18(15)14-9-7-8-10-17(14)21/h7-13,18H,5-6H2,1-4H3. The minimum Gasteiger partial charge on any atom is -0.463 e. The molecule has 1 aliphatic rings. The van der Waals surface area contributed by atoms with Crippen LogP contribution in [0.2, 0.25) is 0 Å². The Morgan fingerprint density at radius 1 is 1.04 bits per heavy atom. The zero-order chi connectivity index (χ0) is 19.3. The molecule has 0 aliphatic carbocycles. The number of benzene rings is 1. The topological polar surface area (TPSA) is 55.8 Å². The molecule has 0 radical (unpaired) electrons. The summed E-state index contributed by atoms with van der Waals surface area (Å²) in [4.78, 5) is 26.9. The first-order chi connectivity index (χ1) is 12.4. The van der Waals surface area contributed by atoms with E-state index < -0.39 is 23.7 Å². The van der Waals surface area contributed by atoms with E-state index in [0.29, 0.717) is 0 Å². The highest BCUT2D eigenvalue weighted by Gasteiger charge is 2.37. The van der Waals surface area contributed by atoms with E-state index in [1.54, 1.807) is 49.3 Å². The van der Waals surface area contributed by atoms with Crippen LogP contribution in [0.15, 0.2) is 47.8 Å². The van der Waals surface area contributed by atoms with Gasteiger partial charge < -0.3 is 14.4 Å². The molecule has 0 spiro atoms. The van der Waals surface area contributed by atoms with E-state index >= 15 is 0 Å². The molecule has 5 nitrogen and oxygen atoms in total. The molecule has 0 atom stereocenters. The Balaban J connectivity index is 2.62. The smallest absolute Gasteiger partial charge is 0.336 e. The number of rotatable bonds is 6. The highest BCUT2D eigenvalue weighted by molar-refractivity contribution is 5.98. The second kappa shape index (κ2) is 8.65. The summed E-state index contributed by atoms with van der Waals surface area (Å²) in [6, 6.07) is 6.08. The van der Waals surface area contributed by atoms with Crippen LogP contribution in [0, 0.1) is 5.82 Å². The Hall–Kier alpha value is -2.63. The third-order valence-electron chi connectivity index (χ3n) is 4.03. The highest BCUT2D eigenvalue weighted by atomic mass is 19.1. The van der Waals surface area contributed by atoms with Gasteiger partial charge in [0, 0.05) is 24.0 Å². The lowest BCUT2D eigenvalue weighted by molar-refractivity contribution is -0.139. The van der Waals surface area contributed by atoms with E-state index in [1.807, 2.05) is 13.8 Å². The van der Waals surface area contributed by atoms with Crippen molar-refractivity contribution >= 4 is 11.9 Å². The lowest BCUT2D eigenvalue weighted by atomic mass is 9.83. The number of halogens is 1. The van der Waals surface area contributed by atoms with Gasteiger partial charge in [0.1, 0.15) is 5.82 Å². The maximum absolute atomic E-state index is 14.5. The van der Waals surface area contributed by atoms with Gasteiger partial charge in [-0.05, 0) is 33.8 Å². The molecule has 1 aromatic rings.